The minimum absolute atomic E-state index is 0.0204. The lowest BCUT2D eigenvalue weighted by Gasteiger charge is -2.33. The number of carbonyl (C=O) groups is 1. The van der Waals surface area contributed by atoms with Crippen LogP contribution in [0, 0.1) is 0 Å². The molecule has 0 aliphatic carbocycles. The average molecular weight is 394 g/mol. The minimum atomic E-state index is -3.41. The van der Waals surface area contributed by atoms with E-state index in [1.54, 1.807) is 17.0 Å². The average Bonchev–Trinajstić information content (AvgIpc) is 2.63. The molecule has 3 rings (SSSR count). The third kappa shape index (κ3) is 4.40. The molecule has 1 atom stereocenters. The molecular formula is C18H20ClN3O3S. The molecule has 1 amide bonds. The van der Waals surface area contributed by atoms with E-state index in [9.17, 15) is 13.2 Å². The first-order chi connectivity index (χ1) is 12.3. The number of aromatic nitrogens is 2. The molecule has 0 spiro atoms. The number of likely N-dealkylation sites (tertiary alicyclic amines) is 1. The molecule has 0 bridgehead atoms. The van der Waals surface area contributed by atoms with Gasteiger partial charge in [0.05, 0.1) is 12.1 Å². The highest BCUT2D eigenvalue weighted by molar-refractivity contribution is 7.90. The highest BCUT2D eigenvalue weighted by Crippen LogP contribution is 2.29. The second-order valence-electron chi connectivity index (χ2n) is 6.53. The number of piperidine rings is 1. The summed E-state index contributed by atoms with van der Waals surface area (Å²) >= 11 is 5.88. The van der Waals surface area contributed by atoms with E-state index in [2.05, 4.69) is 9.97 Å². The van der Waals surface area contributed by atoms with E-state index in [-0.39, 0.29) is 16.7 Å². The van der Waals surface area contributed by atoms with Crippen molar-refractivity contribution in [2.75, 3.05) is 19.3 Å². The first-order valence-corrected chi connectivity index (χ1v) is 10.6. The molecule has 1 fully saturated rings. The van der Waals surface area contributed by atoms with Crippen molar-refractivity contribution < 1.29 is 13.2 Å². The number of nitrogens with zero attached hydrogens (tertiary/aromatic N) is 3. The Bertz CT molecular complexity index is 900. The number of hydrogen-bond acceptors (Lipinski definition) is 5. The van der Waals surface area contributed by atoms with Crippen molar-refractivity contribution in [2.24, 2.45) is 0 Å². The zero-order valence-electron chi connectivity index (χ0n) is 14.4. The van der Waals surface area contributed by atoms with Crippen molar-refractivity contribution in [1.29, 1.82) is 0 Å². The molecule has 6 nitrogen and oxygen atoms in total. The Morgan fingerprint density at radius 3 is 2.73 bits per heavy atom. The number of rotatable bonds is 4. The smallest absolute Gasteiger partial charge is 0.227 e. The first kappa shape index (κ1) is 18.8. The van der Waals surface area contributed by atoms with Gasteiger partial charge in [0.2, 0.25) is 5.91 Å². The number of benzene rings is 1. The second-order valence-corrected chi connectivity index (χ2v) is 8.95. The van der Waals surface area contributed by atoms with Crippen LogP contribution in [0.3, 0.4) is 0 Å². The molecule has 8 heteroatoms. The highest BCUT2D eigenvalue weighted by atomic mass is 35.5. The van der Waals surface area contributed by atoms with E-state index in [0.717, 1.165) is 24.7 Å². The quantitative estimate of drug-likeness (QED) is 0.797. The number of amides is 1. The van der Waals surface area contributed by atoms with Crippen LogP contribution in [0.2, 0.25) is 5.02 Å². The van der Waals surface area contributed by atoms with E-state index in [0.29, 0.717) is 30.2 Å². The summed E-state index contributed by atoms with van der Waals surface area (Å²) in [6.07, 6.45) is 5.76. The van der Waals surface area contributed by atoms with Gasteiger partial charge in [-0.05, 0) is 30.5 Å². The molecule has 0 unspecified atom stereocenters. The number of hydrogen-bond donors (Lipinski definition) is 0. The number of sulfone groups is 1. The lowest BCUT2D eigenvalue weighted by Crippen LogP contribution is -2.40. The fourth-order valence-corrected chi connectivity index (χ4v) is 4.21. The summed E-state index contributed by atoms with van der Waals surface area (Å²) < 4.78 is 24.0. The van der Waals surface area contributed by atoms with E-state index in [4.69, 9.17) is 11.6 Å². The summed E-state index contributed by atoms with van der Waals surface area (Å²) in [5, 5.41) is 0.635. The Morgan fingerprint density at radius 2 is 2.04 bits per heavy atom. The van der Waals surface area contributed by atoms with Gasteiger partial charge in [-0.2, -0.15) is 0 Å². The molecule has 0 radical (unpaired) electrons. The van der Waals surface area contributed by atoms with Crippen molar-refractivity contribution >= 4 is 27.3 Å². The minimum Gasteiger partial charge on any atom is -0.342 e. The highest BCUT2D eigenvalue weighted by Gasteiger charge is 2.29. The largest absolute Gasteiger partial charge is 0.342 e. The Labute approximate surface area is 158 Å². The number of carbonyl (C=O) groups excluding carboxylic acids is 1. The maximum Gasteiger partial charge on any atom is 0.227 e. The maximum absolute atomic E-state index is 12.7. The van der Waals surface area contributed by atoms with Gasteiger partial charge in [-0.1, -0.05) is 23.7 Å². The summed E-state index contributed by atoms with van der Waals surface area (Å²) in [5.41, 5.74) is 1.41. The van der Waals surface area contributed by atoms with Gasteiger partial charge in [0.25, 0.3) is 0 Å². The molecule has 1 aromatic heterocycles. The van der Waals surface area contributed by atoms with Crippen LogP contribution in [0.25, 0.3) is 0 Å². The van der Waals surface area contributed by atoms with Crippen LogP contribution in [0.4, 0.5) is 0 Å². The van der Waals surface area contributed by atoms with E-state index < -0.39 is 9.84 Å². The van der Waals surface area contributed by atoms with Gasteiger partial charge in [-0.25, -0.2) is 18.4 Å². The van der Waals surface area contributed by atoms with E-state index >= 15 is 0 Å². The lowest BCUT2D eigenvalue weighted by atomic mass is 9.94. The van der Waals surface area contributed by atoms with Gasteiger partial charge >= 0.3 is 0 Å². The third-order valence-electron chi connectivity index (χ3n) is 4.54. The standard InChI is InChI=1S/C18H20ClN3O3S/c1-26(24,25)16-10-20-12-21-18(16)14-3-2-8-22(11-14)17(23)9-13-4-6-15(19)7-5-13/h4-7,10,12,14H,2-3,8-9,11H2,1H3/t14-/m0/s1. The fourth-order valence-electron chi connectivity index (χ4n) is 3.23. The third-order valence-corrected chi connectivity index (χ3v) is 5.90. The summed E-state index contributed by atoms with van der Waals surface area (Å²) in [4.78, 5) is 22.6. The number of halogens is 1. The van der Waals surface area contributed by atoms with Crippen LogP contribution in [-0.4, -0.2) is 48.5 Å². The predicted molar refractivity (Wildman–Crippen MR) is 98.9 cm³/mol. The van der Waals surface area contributed by atoms with Gasteiger partial charge in [0.1, 0.15) is 11.2 Å². The first-order valence-electron chi connectivity index (χ1n) is 8.37. The molecule has 26 heavy (non-hydrogen) atoms. The van der Waals surface area contributed by atoms with E-state index in [1.165, 1.54) is 12.5 Å². The van der Waals surface area contributed by atoms with Gasteiger partial charge in [0, 0.05) is 36.5 Å². The van der Waals surface area contributed by atoms with Crippen molar-refractivity contribution in [1.82, 2.24) is 14.9 Å². The lowest BCUT2D eigenvalue weighted by molar-refractivity contribution is -0.131. The van der Waals surface area contributed by atoms with Gasteiger partial charge in [-0.3, -0.25) is 4.79 Å². The molecule has 1 aromatic carbocycles. The van der Waals surface area contributed by atoms with Crippen LogP contribution in [0.1, 0.15) is 30.0 Å². The molecule has 1 saturated heterocycles. The normalized spacial score (nSPS) is 17.9. The Hall–Kier alpha value is -1.99. The van der Waals surface area contributed by atoms with Gasteiger partial charge < -0.3 is 4.90 Å². The van der Waals surface area contributed by atoms with Crippen LogP contribution in [-0.2, 0) is 21.1 Å². The van der Waals surface area contributed by atoms with Crippen LogP contribution >= 0.6 is 11.6 Å². The molecule has 1 aliphatic heterocycles. The second kappa shape index (κ2) is 7.72. The monoisotopic (exact) mass is 393 g/mol. The molecule has 0 N–H and O–H groups in total. The Kier molecular flexibility index (Phi) is 5.58. The predicted octanol–water partition coefficient (Wildman–Crippen LogP) is 2.48. The molecule has 2 aromatic rings. The summed E-state index contributed by atoms with van der Waals surface area (Å²) in [5.74, 6) is -0.0855. The Balaban J connectivity index is 1.76. The summed E-state index contributed by atoms with van der Waals surface area (Å²) in [7, 11) is -3.41. The van der Waals surface area contributed by atoms with Crippen LogP contribution in [0.5, 0.6) is 0 Å². The van der Waals surface area contributed by atoms with Crippen molar-refractivity contribution in [3.63, 3.8) is 0 Å². The fraction of sp³-hybridized carbons (Fsp3) is 0.389. The van der Waals surface area contributed by atoms with Gasteiger partial charge in [-0.15, -0.1) is 0 Å². The zero-order valence-corrected chi connectivity index (χ0v) is 16.0. The molecule has 2 heterocycles. The van der Waals surface area contributed by atoms with Crippen LogP contribution < -0.4 is 0 Å². The zero-order chi connectivity index (χ0) is 18.7. The SMILES string of the molecule is CS(=O)(=O)c1cncnc1[C@H]1CCCN(C(=O)Cc2ccc(Cl)cc2)C1. The summed E-state index contributed by atoms with van der Waals surface area (Å²) in [6, 6.07) is 7.21. The van der Waals surface area contributed by atoms with Gasteiger partial charge in [0.15, 0.2) is 9.84 Å². The Morgan fingerprint density at radius 1 is 1.31 bits per heavy atom. The van der Waals surface area contributed by atoms with Crippen molar-refractivity contribution in [3.8, 4) is 0 Å². The molecule has 138 valence electrons. The molecular weight excluding hydrogens is 374 g/mol. The van der Waals surface area contributed by atoms with Crippen molar-refractivity contribution in [2.45, 2.75) is 30.1 Å². The topological polar surface area (TPSA) is 80.2 Å². The van der Waals surface area contributed by atoms with Crippen molar-refractivity contribution in [3.05, 3.63) is 53.1 Å². The summed E-state index contributed by atoms with van der Waals surface area (Å²) in [6.45, 7) is 1.13. The molecule has 1 aliphatic rings. The molecule has 0 saturated carbocycles. The van der Waals surface area contributed by atoms with E-state index in [1.807, 2.05) is 12.1 Å². The van der Waals surface area contributed by atoms with Crippen LogP contribution in [0.15, 0.2) is 41.7 Å². The maximum atomic E-state index is 12.7.